The van der Waals surface area contributed by atoms with Gasteiger partial charge in [0.05, 0.1) is 0 Å². The van der Waals surface area contributed by atoms with Crippen LogP contribution in [0.4, 0.5) is 0 Å². The van der Waals surface area contributed by atoms with Crippen molar-refractivity contribution in [2.45, 2.75) is 31.8 Å². The zero-order chi connectivity index (χ0) is 17.8. The molecule has 1 amide bonds. The number of hydrogen-bond donors (Lipinski definition) is 1. The van der Waals surface area contributed by atoms with Gasteiger partial charge >= 0.3 is 0 Å². The molecule has 2 aromatic carbocycles. The average molecular weight is 333 g/mol. The minimum absolute atomic E-state index is 0.0457. The van der Waals surface area contributed by atoms with Gasteiger partial charge in [0.2, 0.25) is 0 Å². The van der Waals surface area contributed by atoms with Gasteiger partial charge in [-0.15, -0.1) is 6.58 Å². The van der Waals surface area contributed by atoms with Crippen molar-refractivity contribution in [1.82, 2.24) is 4.90 Å². The predicted octanol–water partition coefficient (Wildman–Crippen LogP) is 4.79. The van der Waals surface area contributed by atoms with Crippen molar-refractivity contribution in [3.8, 4) is 16.9 Å². The summed E-state index contributed by atoms with van der Waals surface area (Å²) in [6.07, 6.45) is 7.76. The summed E-state index contributed by atoms with van der Waals surface area (Å²) in [7, 11) is 0. The van der Waals surface area contributed by atoms with Gasteiger partial charge < -0.3 is 10.0 Å². The first kappa shape index (κ1) is 17.0. The summed E-state index contributed by atoms with van der Waals surface area (Å²) in [5.74, 6) is 0.279. The van der Waals surface area contributed by atoms with Gasteiger partial charge in [-0.3, -0.25) is 4.79 Å². The highest BCUT2D eigenvalue weighted by Crippen LogP contribution is 2.26. The largest absolute Gasteiger partial charge is 0.508 e. The van der Waals surface area contributed by atoms with Gasteiger partial charge in [-0.2, -0.15) is 0 Å². The number of aromatic hydroxyl groups is 1. The lowest BCUT2D eigenvalue weighted by atomic mass is 9.97. The number of amides is 1. The first-order valence-electron chi connectivity index (χ1n) is 8.60. The molecule has 25 heavy (non-hydrogen) atoms. The number of hydrogen-bond acceptors (Lipinski definition) is 2. The van der Waals surface area contributed by atoms with Crippen LogP contribution in [-0.2, 0) is 0 Å². The Labute approximate surface area is 148 Å². The summed E-state index contributed by atoms with van der Waals surface area (Å²) in [6.45, 7) is 5.87. The fraction of sp³-hybridized carbons (Fsp3) is 0.227. The normalized spacial score (nSPS) is 19.6. The van der Waals surface area contributed by atoms with Crippen LogP contribution in [0.15, 0.2) is 73.3 Å². The van der Waals surface area contributed by atoms with Crippen LogP contribution < -0.4 is 0 Å². The van der Waals surface area contributed by atoms with Gasteiger partial charge in [0.15, 0.2) is 0 Å². The second-order valence-electron chi connectivity index (χ2n) is 6.42. The van der Waals surface area contributed by atoms with Crippen LogP contribution in [0.1, 0.15) is 30.1 Å². The van der Waals surface area contributed by atoms with E-state index in [9.17, 15) is 9.90 Å². The summed E-state index contributed by atoms with van der Waals surface area (Å²) >= 11 is 0. The first-order valence-corrected chi connectivity index (χ1v) is 8.60. The molecule has 3 nitrogen and oxygen atoms in total. The summed E-state index contributed by atoms with van der Waals surface area (Å²) in [6, 6.07) is 14.9. The predicted molar refractivity (Wildman–Crippen MR) is 102 cm³/mol. The molecule has 0 aliphatic carbocycles. The lowest BCUT2D eigenvalue weighted by Gasteiger charge is -2.37. The monoisotopic (exact) mass is 333 g/mol. The third kappa shape index (κ3) is 3.66. The molecular formula is C22H23NO2. The van der Waals surface area contributed by atoms with Crippen LogP contribution in [0.5, 0.6) is 5.75 Å². The molecule has 1 heterocycles. The van der Waals surface area contributed by atoms with Crippen LogP contribution in [-0.4, -0.2) is 28.0 Å². The Bertz CT molecular complexity index is 792. The van der Waals surface area contributed by atoms with E-state index >= 15 is 0 Å². The van der Waals surface area contributed by atoms with Gasteiger partial charge in [0.25, 0.3) is 5.91 Å². The van der Waals surface area contributed by atoms with Crippen molar-refractivity contribution >= 4 is 5.91 Å². The second-order valence-corrected chi connectivity index (χ2v) is 6.42. The Kier molecular flexibility index (Phi) is 5.03. The van der Waals surface area contributed by atoms with Crippen LogP contribution in [0.25, 0.3) is 11.1 Å². The molecule has 0 bridgehead atoms. The zero-order valence-electron chi connectivity index (χ0n) is 14.4. The standard InChI is InChI=1S/C22H23NO2/c1-3-6-20-10-4-7-16(2)23(20)22(25)19-9-5-8-18(15-19)17-11-13-21(24)14-12-17/h3-5,7-9,11-16,20,24H,1,6,10H2,2H3/t16-,20-/m1/s1. The molecule has 1 aliphatic rings. The van der Waals surface area contributed by atoms with Crippen molar-refractivity contribution < 1.29 is 9.90 Å². The van der Waals surface area contributed by atoms with E-state index in [1.165, 1.54) is 0 Å². The van der Waals surface area contributed by atoms with Gasteiger partial charge in [-0.1, -0.05) is 42.5 Å². The highest BCUT2D eigenvalue weighted by atomic mass is 16.3. The van der Waals surface area contributed by atoms with E-state index in [1.54, 1.807) is 12.1 Å². The number of carbonyl (C=O) groups excluding carboxylic acids is 1. The molecule has 1 N–H and O–H groups in total. The van der Waals surface area contributed by atoms with Crippen LogP contribution in [0, 0.1) is 0 Å². The van der Waals surface area contributed by atoms with Crippen molar-refractivity contribution in [2.75, 3.05) is 0 Å². The number of phenolic OH excluding ortho intramolecular Hbond substituents is 1. The maximum Gasteiger partial charge on any atom is 0.254 e. The molecule has 0 unspecified atom stereocenters. The summed E-state index contributed by atoms with van der Waals surface area (Å²) < 4.78 is 0. The number of benzene rings is 2. The van der Waals surface area contributed by atoms with Crippen molar-refractivity contribution in [3.63, 3.8) is 0 Å². The van der Waals surface area contributed by atoms with E-state index in [0.29, 0.717) is 5.56 Å². The quantitative estimate of drug-likeness (QED) is 0.817. The third-order valence-electron chi connectivity index (χ3n) is 4.64. The zero-order valence-corrected chi connectivity index (χ0v) is 14.4. The van der Waals surface area contributed by atoms with Gasteiger partial charge in [-0.05, 0) is 55.2 Å². The van der Waals surface area contributed by atoms with Crippen LogP contribution >= 0.6 is 0 Å². The van der Waals surface area contributed by atoms with E-state index in [4.69, 9.17) is 0 Å². The first-order chi connectivity index (χ1) is 12.1. The van der Waals surface area contributed by atoms with Gasteiger partial charge in [0, 0.05) is 17.6 Å². The van der Waals surface area contributed by atoms with E-state index in [0.717, 1.165) is 24.0 Å². The average Bonchev–Trinajstić information content (AvgIpc) is 2.62. The van der Waals surface area contributed by atoms with E-state index < -0.39 is 0 Å². The summed E-state index contributed by atoms with van der Waals surface area (Å²) in [4.78, 5) is 15.1. The lowest BCUT2D eigenvalue weighted by Crippen LogP contribution is -2.46. The Morgan fingerprint density at radius 2 is 2.00 bits per heavy atom. The van der Waals surface area contributed by atoms with Crippen LogP contribution in [0.3, 0.4) is 0 Å². The van der Waals surface area contributed by atoms with Crippen molar-refractivity contribution in [1.29, 1.82) is 0 Å². The molecule has 128 valence electrons. The van der Waals surface area contributed by atoms with Crippen molar-refractivity contribution in [2.24, 2.45) is 0 Å². The number of rotatable bonds is 4. The Hall–Kier alpha value is -2.81. The topological polar surface area (TPSA) is 40.5 Å². The SMILES string of the molecule is C=CC[C@@H]1CC=C[C@@H](C)N1C(=O)c1cccc(-c2ccc(O)cc2)c1. The molecular weight excluding hydrogens is 310 g/mol. The van der Waals surface area contributed by atoms with E-state index in [1.807, 2.05) is 54.3 Å². The molecule has 0 saturated heterocycles. The molecule has 0 aromatic heterocycles. The molecule has 0 radical (unpaired) electrons. The number of phenols is 1. The van der Waals surface area contributed by atoms with Crippen LogP contribution in [0.2, 0.25) is 0 Å². The Morgan fingerprint density at radius 1 is 1.24 bits per heavy atom. The van der Waals surface area contributed by atoms with Crippen molar-refractivity contribution in [3.05, 3.63) is 78.9 Å². The Morgan fingerprint density at radius 3 is 2.72 bits per heavy atom. The number of nitrogens with zero attached hydrogens (tertiary/aromatic N) is 1. The summed E-state index contributed by atoms with van der Waals surface area (Å²) in [5, 5.41) is 9.45. The fourth-order valence-electron chi connectivity index (χ4n) is 3.36. The molecule has 0 fully saturated rings. The summed E-state index contributed by atoms with van der Waals surface area (Å²) in [5.41, 5.74) is 2.62. The highest BCUT2D eigenvalue weighted by Gasteiger charge is 2.29. The lowest BCUT2D eigenvalue weighted by molar-refractivity contribution is 0.0622. The third-order valence-corrected chi connectivity index (χ3v) is 4.64. The molecule has 2 aromatic rings. The molecule has 3 heteroatoms. The second kappa shape index (κ2) is 7.39. The van der Waals surface area contributed by atoms with E-state index in [-0.39, 0.29) is 23.7 Å². The minimum Gasteiger partial charge on any atom is -0.508 e. The molecule has 0 spiro atoms. The maximum atomic E-state index is 13.2. The molecule has 3 rings (SSSR count). The number of carbonyl (C=O) groups is 1. The highest BCUT2D eigenvalue weighted by molar-refractivity contribution is 5.96. The van der Waals surface area contributed by atoms with Gasteiger partial charge in [0.1, 0.15) is 5.75 Å². The maximum absolute atomic E-state index is 13.2. The van der Waals surface area contributed by atoms with E-state index in [2.05, 4.69) is 18.7 Å². The molecule has 0 saturated carbocycles. The van der Waals surface area contributed by atoms with Gasteiger partial charge in [-0.25, -0.2) is 0 Å². The minimum atomic E-state index is 0.0457. The molecule has 2 atom stereocenters. The molecule has 1 aliphatic heterocycles. The Balaban J connectivity index is 1.91. The fourth-order valence-corrected chi connectivity index (χ4v) is 3.36. The smallest absolute Gasteiger partial charge is 0.254 e.